The van der Waals surface area contributed by atoms with Gasteiger partial charge in [-0.2, -0.15) is 5.26 Å². The van der Waals surface area contributed by atoms with E-state index in [0.29, 0.717) is 10.7 Å². The summed E-state index contributed by atoms with van der Waals surface area (Å²) in [5.41, 5.74) is 6.18. The molecule has 0 aromatic heterocycles. The van der Waals surface area contributed by atoms with E-state index in [-0.39, 0.29) is 5.57 Å². The van der Waals surface area contributed by atoms with Crippen LogP contribution in [0.15, 0.2) is 72.3 Å². The molecule has 144 valence electrons. The minimum atomic E-state index is -0.448. The van der Waals surface area contributed by atoms with Crippen molar-refractivity contribution >= 4 is 29.3 Å². The van der Waals surface area contributed by atoms with Gasteiger partial charge >= 0.3 is 0 Å². The van der Waals surface area contributed by atoms with E-state index in [1.54, 1.807) is 30.3 Å². The zero-order chi connectivity index (χ0) is 20.8. The van der Waals surface area contributed by atoms with Crippen LogP contribution in [0.5, 0.6) is 0 Å². The zero-order valence-corrected chi connectivity index (χ0v) is 17.1. The Morgan fingerprint density at radius 1 is 1.03 bits per heavy atom. The van der Waals surface area contributed by atoms with E-state index >= 15 is 0 Å². The van der Waals surface area contributed by atoms with Crippen molar-refractivity contribution in [1.29, 1.82) is 5.26 Å². The molecule has 3 aromatic rings. The van der Waals surface area contributed by atoms with Gasteiger partial charge in [0.1, 0.15) is 11.6 Å². The lowest BCUT2D eigenvalue weighted by molar-refractivity contribution is -0.112. The predicted octanol–water partition coefficient (Wildman–Crippen LogP) is 6.09. The van der Waals surface area contributed by atoms with Gasteiger partial charge in [-0.1, -0.05) is 65.2 Å². The number of carbonyl (C=O) groups is 1. The average Bonchev–Trinajstić information content (AvgIpc) is 2.68. The maximum absolute atomic E-state index is 12.6. The lowest BCUT2D eigenvalue weighted by atomic mass is 9.96. The molecular formula is C25H21ClN2O. The Morgan fingerprint density at radius 3 is 2.34 bits per heavy atom. The number of nitriles is 1. The zero-order valence-electron chi connectivity index (χ0n) is 16.4. The minimum absolute atomic E-state index is 0.0489. The molecule has 0 spiro atoms. The van der Waals surface area contributed by atoms with E-state index in [2.05, 4.69) is 37.4 Å². The number of nitrogens with zero attached hydrogens (tertiary/aromatic N) is 1. The largest absolute Gasteiger partial charge is 0.321 e. The predicted molar refractivity (Wildman–Crippen MR) is 119 cm³/mol. The van der Waals surface area contributed by atoms with Crippen molar-refractivity contribution in [2.75, 3.05) is 5.32 Å². The van der Waals surface area contributed by atoms with Gasteiger partial charge in [-0.05, 0) is 67.3 Å². The molecule has 4 heteroatoms. The Morgan fingerprint density at radius 2 is 1.69 bits per heavy atom. The number of hydrogen-bond acceptors (Lipinski definition) is 2. The monoisotopic (exact) mass is 400 g/mol. The van der Waals surface area contributed by atoms with Crippen molar-refractivity contribution < 1.29 is 4.79 Å². The second-order valence-electron chi connectivity index (χ2n) is 7.00. The molecule has 0 fully saturated rings. The van der Waals surface area contributed by atoms with Crippen LogP contribution in [-0.2, 0) is 11.2 Å². The van der Waals surface area contributed by atoms with Crippen molar-refractivity contribution in [1.82, 2.24) is 0 Å². The molecule has 0 aliphatic rings. The number of aryl methyl sites for hydroxylation is 2. The molecule has 0 heterocycles. The Labute approximate surface area is 176 Å². The number of anilines is 1. The van der Waals surface area contributed by atoms with Crippen LogP contribution in [0.4, 0.5) is 5.69 Å². The second-order valence-corrected chi connectivity index (χ2v) is 7.44. The van der Waals surface area contributed by atoms with Gasteiger partial charge in [0.05, 0.1) is 0 Å². The number of nitrogens with one attached hydrogen (secondary N) is 1. The van der Waals surface area contributed by atoms with Gasteiger partial charge < -0.3 is 5.32 Å². The molecule has 0 aliphatic heterocycles. The van der Waals surface area contributed by atoms with Crippen LogP contribution in [0.3, 0.4) is 0 Å². The average molecular weight is 401 g/mol. The van der Waals surface area contributed by atoms with Crippen LogP contribution in [0.1, 0.15) is 27.8 Å². The molecule has 0 bridgehead atoms. The Hall–Kier alpha value is -3.35. The summed E-state index contributed by atoms with van der Waals surface area (Å²) < 4.78 is 0. The van der Waals surface area contributed by atoms with Crippen molar-refractivity contribution in [3.8, 4) is 6.07 Å². The fourth-order valence-corrected chi connectivity index (χ4v) is 3.39. The Bertz CT molecular complexity index is 1090. The van der Waals surface area contributed by atoms with Gasteiger partial charge in [-0.25, -0.2) is 0 Å². The molecule has 0 saturated heterocycles. The van der Waals surface area contributed by atoms with Gasteiger partial charge in [0, 0.05) is 10.7 Å². The molecule has 0 radical (unpaired) electrons. The Balaban J connectivity index is 1.86. The summed E-state index contributed by atoms with van der Waals surface area (Å²) in [6, 6.07) is 23.1. The molecular weight excluding hydrogens is 380 g/mol. The minimum Gasteiger partial charge on any atom is -0.321 e. The molecule has 3 rings (SSSR count). The summed E-state index contributed by atoms with van der Waals surface area (Å²) in [7, 11) is 0. The fraction of sp³-hybridized carbons (Fsp3) is 0.120. The molecule has 29 heavy (non-hydrogen) atoms. The van der Waals surface area contributed by atoms with E-state index in [4.69, 9.17) is 11.6 Å². The van der Waals surface area contributed by atoms with Gasteiger partial charge in [-0.15, -0.1) is 0 Å². The van der Waals surface area contributed by atoms with Crippen molar-refractivity contribution in [3.63, 3.8) is 0 Å². The van der Waals surface area contributed by atoms with Crippen LogP contribution in [-0.4, -0.2) is 5.91 Å². The quantitative estimate of drug-likeness (QED) is 0.416. The molecule has 0 atom stereocenters. The molecule has 3 aromatic carbocycles. The molecule has 0 aliphatic carbocycles. The topological polar surface area (TPSA) is 52.9 Å². The number of carbonyl (C=O) groups excluding carboxylic acids is 1. The first-order valence-electron chi connectivity index (χ1n) is 9.28. The van der Waals surface area contributed by atoms with Crippen LogP contribution < -0.4 is 5.32 Å². The van der Waals surface area contributed by atoms with Crippen molar-refractivity contribution in [2.45, 2.75) is 20.3 Å². The molecule has 0 unspecified atom stereocenters. The fourth-order valence-electron chi connectivity index (χ4n) is 3.26. The van der Waals surface area contributed by atoms with Crippen LogP contribution in [0.2, 0.25) is 5.02 Å². The standard InChI is InChI=1S/C25H21ClN2O/c1-17-11-18(2)13-19(12-17)14-20-5-3-4-6-21(20)15-22(16-27)25(29)28-24-9-7-23(26)8-10-24/h3-13,15H,14H2,1-2H3,(H,28,29)/b22-15+. The summed E-state index contributed by atoms with van der Waals surface area (Å²) in [5.74, 6) is -0.448. The number of hydrogen-bond donors (Lipinski definition) is 1. The third-order valence-corrected chi connectivity index (χ3v) is 4.75. The third-order valence-electron chi connectivity index (χ3n) is 4.50. The van der Waals surface area contributed by atoms with E-state index in [0.717, 1.165) is 17.5 Å². The summed E-state index contributed by atoms with van der Waals surface area (Å²) in [6.45, 7) is 4.16. The molecule has 1 N–H and O–H groups in total. The van der Waals surface area contributed by atoms with E-state index < -0.39 is 5.91 Å². The van der Waals surface area contributed by atoms with E-state index in [1.165, 1.54) is 16.7 Å². The van der Waals surface area contributed by atoms with E-state index in [1.807, 2.05) is 30.3 Å². The molecule has 1 amide bonds. The smallest absolute Gasteiger partial charge is 0.266 e. The lowest BCUT2D eigenvalue weighted by Crippen LogP contribution is -2.13. The number of amides is 1. The van der Waals surface area contributed by atoms with Crippen LogP contribution in [0, 0.1) is 25.2 Å². The summed E-state index contributed by atoms with van der Waals surface area (Å²) >= 11 is 5.87. The van der Waals surface area contributed by atoms with Gasteiger partial charge in [0.2, 0.25) is 0 Å². The third kappa shape index (κ3) is 5.57. The normalized spacial score (nSPS) is 11.0. The van der Waals surface area contributed by atoms with Gasteiger partial charge in [0.25, 0.3) is 5.91 Å². The van der Waals surface area contributed by atoms with Crippen LogP contribution >= 0.6 is 11.6 Å². The maximum atomic E-state index is 12.6. The Kier molecular flexibility index (Phi) is 6.49. The first-order valence-corrected chi connectivity index (χ1v) is 9.66. The summed E-state index contributed by atoms with van der Waals surface area (Å²) in [6.07, 6.45) is 2.37. The van der Waals surface area contributed by atoms with Gasteiger partial charge in [-0.3, -0.25) is 4.79 Å². The van der Waals surface area contributed by atoms with Crippen molar-refractivity contribution in [2.24, 2.45) is 0 Å². The highest BCUT2D eigenvalue weighted by Gasteiger charge is 2.11. The van der Waals surface area contributed by atoms with E-state index in [9.17, 15) is 10.1 Å². The highest BCUT2D eigenvalue weighted by atomic mass is 35.5. The first kappa shape index (κ1) is 20.4. The highest BCUT2D eigenvalue weighted by Crippen LogP contribution is 2.20. The highest BCUT2D eigenvalue weighted by molar-refractivity contribution is 6.30. The first-order chi connectivity index (χ1) is 13.9. The summed E-state index contributed by atoms with van der Waals surface area (Å²) in [4.78, 5) is 12.6. The molecule has 0 saturated carbocycles. The number of benzene rings is 3. The maximum Gasteiger partial charge on any atom is 0.266 e. The second kappa shape index (κ2) is 9.23. The number of rotatable bonds is 5. The molecule has 3 nitrogen and oxygen atoms in total. The van der Waals surface area contributed by atoms with Crippen molar-refractivity contribution in [3.05, 3.63) is 105 Å². The lowest BCUT2D eigenvalue weighted by Gasteiger charge is -2.09. The van der Waals surface area contributed by atoms with Gasteiger partial charge in [0.15, 0.2) is 0 Å². The number of halogens is 1. The summed E-state index contributed by atoms with van der Waals surface area (Å²) in [5, 5.41) is 12.9. The van der Waals surface area contributed by atoms with Crippen LogP contribution in [0.25, 0.3) is 6.08 Å². The SMILES string of the molecule is Cc1cc(C)cc(Cc2ccccc2/C=C(\C#N)C(=O)Nc2ccc(Cl)cc2)c1.